The van der Waals surface area contributed by atoms with E-state index in [2.05, 4.69) is 54.9 Å². The largest absolute Gasteiger partial charge is 0.416 e. The molecular formula is C38H43F3N4O2. The summed E-state index contributed by atoms with van der Waals surface area (Å²) in [5.41, 5.74) is 5.57. The molecule has 1 heterocycles. The number of aromatic nitrogens is 2. The van der Waals surface area contributed by atoms with Gasteiger partial charge < -0.3 is 14.4 Å². The number of nitrogens with zero attached hydrogens (tertiary/aromatic N) is 4. The molecule has 0 atom stereocenters. The van der Waals surface area contributed by atoms with E-state index >= 15 is 0 Å². The third-order valence-electron chi connectivity index (χ3n) is 9.17. The van der Waals surface area contributed by atoms with Crippen LogP contribution in [0.4, 0.5) is 13.2 Å². The highest BCUT2D eigenvalue weighted by Gasteiger charge is 2.30. The predicted octanol–water partition coefficient (Wildman–Crippen LogP) is 6.88. The van der Waals surface area contributed by atoms with Crippen molar-refractivity contribution in [3.8, 4) is 11.1 Å². The van der Waals surface area contributed by atoms with Crippen LogP contribution >= 0.6 is 0 Å². The van der Waals surface area contributed by atoms with Crippen molar-refractivity contribution in [2.24, 2.45) is 0 Å². The van der Waals surface area contributed by atoms with Crippen LogP contribution in [0, 0.1) is 6.92 Å². The Labute approximate surface area is 274 Å². The van der Waals surface area contributed by atoms with Gasteiger partial charge in [-0.3, -0.25) is 9.59 Å². The van der Waals surface area contributed by atoms with Crippen molar-refractivity contribution in [1.29, 1.82) is 0 Å². The maximum absolute atomic E-state index is 14.1. The lowest BCUT2D eigenvalue weighted by molar-refractivity contribution is -0.137. The van der Waals surface area contributed by atoms with E-state index in [0.717, 1.165) is 79.0 Å². The molecule has 0 N–H and O–H groups in total. The Morgan fingerprint density at radius 2 is 1.45 bits per heavy atom. The van der Waals surface area contributed by atoms with Gasteiger partial charge in [0.05, 0.1) is 5.56 Å². The van der Waals surface area contributed by atoms with Crippen LogP contribution in [0.3, 0.4) is 0 Å². The molecule has 248 valence electrons. The van der Waals surface area contributed by atoms with E-state index in [1.54, 1.807) is 0 Å². The first-order chi connectivity index (χ1) is 22.5. The number of fused-ring (bicyclic) bond motifs is 1. The zero-order chi connectivity index (χ0) is 33.6. The van der Waals surface area contributed by atoms with Crippen molar-refractivity contribution in [1.82, 2.24) is 19.4 Å². The van der Waals surface area contributed by atoms with Crippen LogP contribution in [0.1, 0.15) is 59.6 Å². The molecule has 1 aromatic heterocycles. The normalized spacial score (nSPS) is 12.8. The highest BCUT2D eigenvalue weighted by Crippen LogP contribution is 2.31. The van der Waals surface area contributed by atoms with Gasteiger partial charge in [0.15, 0.2) is 0 Å². The average molecular weight is 645 g/mol. The number of carbonyl (C=O) groups excluding carboxylic acids is 1. The van der Waals surface area contributed by atoms with Gasteiger partial charge in [-0.2, -0.15) is 18.2 Å². The van der Waals surface area contributed by atoms with Crippen molar-refractivity contribution in [2.75, 3.05) is 26.2 Å². The topological polar surface area (TPSA) is 58.4 Å². The predicted molar refractivity (Wildman–Crippen MR) is 179 cm³/mol. The number of aryl methyl sites for hydroxylation is 3. The van der Waals surface area contributed by atoms with Gasteiger partial charge in [-0.05, 0) is 80.1 Å². The number of hydrogen-bond donors (Lipinski definition) is 0. The number of carbonyl (C=O) groups is 1. The third-order valence-corrected chi connectivity index (χ3v) is 9.17. The summed E-state index contributed by atoms with van der Waals surface area (Å²) in [6.45, 7) is 9.77. The number of likely N-dealkylation sites (N-methyl/N-ethyl adjacent to an activating group) is 1. The Kier molecular flexibility index (Phi) is 11.0. The standard InChI is InChI=1S/C38H43F3N4O2/c1-4-43(5-2)23-24-44(25-29-13-16-30(17-14-29)31-18-20-32(21-19-31)38(39,40)41)36(46)26-45-34-8-6-7-33(34)37(47)42-35(45)22-15-28-11-9-27(3)10-12-28/h9-14,16-21H,4-8,15,22-26H2,1-3H3. The molecule has 0 fully saturated rings. The van der Waals surface area contributed by atoms with Gasteiger partial charge in [-0.25, -0.2) is 0 Å². The summed E-state index contributed by atoms with van der Waals surface area (Å²) in [7, 11) is 0. The molecule has 9 heteroatoms. The molecular weight excluding hydrogens is 601 g/mol. The maximum Gasteiger partial charge on any atom is 0.416 e. The van der Waals surface area contributed by atoms with E-state index in [1.165, 1.54) is 17.7 Å². The molecule has 0 radical (unpaired) electrons. The molecule has 47 heavy (non-hydrogen) atoms. The molecule has 0 saturated carbocycles. The highest BCUT2D eigenvalue weighted by molar-refractivity contribution is 5.76. The highest BCUT2D eigenvalue weighted by atomic mass is 19.4. The van der Waals surface area contributed by atoms with Gasteiger partial charge in [0.1, 0.15) is 12.4 Å². The number of alkyl halides is 3. The summed E-state index contributed by atoms with van der Waals surface area (Å²) in [4.78, 5) is 35.7. The van der Waals surface area contributed by atoms with E-state index in [4.69, 9.17) is 0 Å². The van der Waals surface area contributed by atoms with E-state index in [1.807, 2.05) is 33.7 Å². The molecule has 3 aromatic carbocycles. The number of amides is 1. The second-order valence-electron chi connectivity index (χ2n) is 12.3. The zero-order valence-corrected chi connectivity index (χ0v) is 27.4. The van der Waals surface area contributed by atoms with Crippen LogP contribution in [-0.2, 0) is 49.7 Å². The zero-order valence-electron chi connectivity index (χ0n) is 27.4. The Hall–Kier alpha value is -4.24. The molecule has 0 unspecified atom stereocenters. The minimum Gasteiger partial charge on any atom is -0.336 e. The van der Waals surface area contributed by atoms with Crippen molar-refractivity contribution in [3.63, 3.8) is 0 Å². The SMILES string of the molecule is CCN(CC)CCN(Cc1ccc(-c2ccc(C(F)(F)F)cc2)cc1)C(=O)Cn1c(CCc2ccc(C)cc2)nc(=O)c2c1CCC2. The second-order valence-corrected chi connectivity index (χ2v) is 12.3. The van der Waals surface area contributed by atoms with Crippen molar-refractivity contribution in [2.45, 2.75) is 72.1 Å². The first kappa shape index (κ1) is 34.1. The molecule has 6 nitrogen and oxygen atoms in total. The molecule has 0 saturated heterocycles. The van der Waals surface area contributed by atoms with Gasteiger partial charge in [0.25, 0.3) is 5.56 Å². The maximum atomic E-state index is 14.1. The van der Waals surface area contributed by atoms with E-state index < -0.39 is 11.7 Å². The quantitative estimate of drug-likeness (QED) is 0.159. The van der Waals surface area contributed by atoms with Gasteiger partial charge in [0.2, 0.25) is 5.91 Å². The molecule has 1 amide bonds. The fourth-order valence-corrected chi connectivity index (χ4v) is 6.25. The van der Waals surface area contributed by atoms with Gasteiger partial charge >= 0.3 is 6.18 Å². The summed E-state index contributed by atoms with van der Waals surface area (Å²) >= 11 is 0. The van der Waals surface area contributed by atoms with Crippen LogP contribution in [-0.4, -0.2) is 51.4 Å². The Bertz CT molecular complexity index is 1710. The molecule has 0 bridgehead atoms. The van der Waals surface area contributed by atoms with Gasteiger partial charge in [-0.15, -0.1) is 0 Å². The van der Waals surface area contributed by atoms with Crippen molar-refractivity contribution >= 4 is 5.91 Å². The first-order valence-corrected chi connectivity index (χ1v) is 16.5. The van der Waals surface area contributed by atoms with Gasteiger partial charge in [0, 0.05) is 37.3 Å². The van der Waals surface area contributed by atoms with E-state index in [9.17, 15) is 22.8 Å². The Morgan fingerprint density at radius 3 is 2.06 bits per heavy atom. The van der Waals surface area contributed by atoms with Gasteiger partial charge in [-0.1, -0.05) is 80.1 Å². The van der Waals surface area contributed by atoms with Crippen LogP contribution in [0.25, 0.3) is 11.1 Å². The summed E-state index contributed by atoms with van der Waals surface area (Å²) in [5, 5.41) is 0. The number of benzene rings is 3. The minimum absolute atomic E-state index is 0.0416. The molecule has 1 aliphatic rings. The molecule has 0 spiro atoms. The Balaban J connectivity index is 1.37. The fraction of sp³-hybridized carbons (Fsp3) is 0.395. The summed E-state index contributed by atoms with van der Waals surface area (Å²) < 4.78 is 41.1. The lowest BCUT2D eigenvalue weighted by Crippen LogP contribution is -2.40. The number of halogens is 3. The average Bonchev–Trinajstić information content (AvgIpc) is 3.57. The van der Waals surface area contributed by atoms with Crippen molar-refractivity contribution in [3.05, 3.63) is 122 Å². The van der Waals surface area contributed by atoms with E-state index in [0.29, 0.717) is 37.3 Å². The molecule has 1 aliphatic carbocycles. The van der Waals surface area contributed by atoms with Crippen molar-refractivity contribution < 1.29 is 18.0 Å². The number of hydrogen-bond acceptors (Lipinski definition) is 4. The van der Waals surface area contributed by atoms with Crippen LogP contribution in [0.15, 0.2) is 77.6 Å². The second kappa shape index (κ2) is 15.1. The first-order valence-electron chi connectivity index (χ1n) is 16.5. The monoisotopic (exact) mass is 644 g/mol. The van der Waals surface area contributed by atoms with Crippen LogP contribution in [0.2, 0.25) is 0 Å². The summed E-state index contributed by atoms with van der Waals surface area (Å²) in [6.07, 6.45) is -0.788. The summed E-state index contributed by atoms with van der Waals surface area (Å²) in [6, 6.07) is 21.1. The molecule has 5 rings (SSSR count). The van der Waals surface area contributed by atoms with E-state index in [-0.39, 0.29) is 18.0 Å². The van der Waals surface area contributed by atoms with Crippen LogP contribution in [0.5, 0.6) is 0 Å². The Morgan fingerprint density at radius 1 is 0.830 bits per heavy atom. The van der Waals surface area contributed by atoms with Crippen LogP contribution < -0.4 is 5.56 Å². The molecule has 0 aliphatic heterocycles. The summed E-state index contributed by atoms with van der Waals surface area (Å²) in [5.74, 6) is 0.606. The number of rotatable bonds is 13. The third kappa shape index (κ3) is 8.57. The smallest absolute Gasteiger partial charge is 0.336 e. The lowest BCUT2D eigenvalue weighted by Gasteiger charge is -2.28. The minimum atomic E-state index is -4.38. The lowest BCUT2D eigenvalue weighted by atomic mass is 10.0. The molecule has 4 aromatic rings. The fourth-order valence-electron chi connectivity index (χ4n) is 6.25.